The molecule has 1 aromatic carbocycles. The van der Waals surface area contributed by atoms with Crippen molar-refractivity contribution in [1.29, 1.82) is 0 Å². The molecule has 1 aliphatic heterocycles. The molecule has 1 saturated heterocycles. The van der Waals surface area contributed by atoms with E-state index in [-0.39, 0.29) is 11.9 Å². The van der Waals surface area contributed by atoms with Gasteiger partial charge in [0.15, 0.2) is 11.8 Å². The minimum atomic E-state index is 0.0500. The normalized spacial score (nSPS) is 22.4. The number of nitrogens with zero attached hydrogens (tertiary/aromatic N) is 2. The van der Waals surface area contributed by atoms with Crippen molar-refractivity contribution >= 4 is 17.1 Å². The van der Waals surface area contributed by atoms with Crippen molar-refractivity contribution in [2.75, 3.05) is 6.54 Å². The molecule has 2 N–H and O–H groups in total. The van der Waals surface area contributed by atoms with E-state index in [1.54, 1.807) is 6.33 Å². The van der Waals surface area contributed by atoms with E-state index in [2.05, 4.69) is 44.1 Å². The van der Waals surface area contributed by atoms with Gasteiger partial charge in [-0.1, -0.05) is 29.2 Å². The molecule has 1 amide bonds. The molecule has 2 aromatic heterocycles. The Bertz CT molecular complexity index is 932. The third kappa shape index (κ3) is 1.97. The Morgan fingerprint density at radius 2 is 2.17 bits per heavy atom. The van der Waals surface area contributed by atoms with Crippen molar-refractivity contribution in [2.45, 2.75) is 31.2 Å². The Morgan fingerprint density at radius 1 is 1.25 bits per heavy atom. The van der Waals surface area contributed by atoms with Gasteiger partial charge in [-0.25, -0.2) is 4.98 Å². The first-order valence-electron chi connectivity index (χ1n) is 8.56. The molecule has 5 nitrogen and oxygen atoms in total. The largest absolute Gasteiger partial charge is 0.332 e. The standard InChI is InChI=1S/C19H18N4O/c24-19(16-8-7-15-18(22-16)21-11-20-15)23-9-3-6-14-13-5-2-1-4-12(13)10-17(14)23/h1-2,4-5,7-8,11,14,17H,3,6,9-10H2,(H,20,21,22)/p+1/t14-,17+/m1/s1. The lowest BCUT2D eigenvalue weighted by Gasteiger charge is -2.37. The molecule has 5 rings (SSSR count). The fourth-order valence-electron chi connectivity index (χ4n) is 4.37. The van der Waals surface area contributed by atoms with Gasteiger partial charge in [0.2, 0.25) is 5.69 Å². The number of benzene rings is 1. The SMILES string of the molecule is O=C(c1ccc2[nH]c[nH+]c2n1)N1CCC[C@@H]2c3ccccc3C[C@@H]21. The van der Waals surface area contributed by atoms with Gasteiger partial charge in [-0.3, -0.25) is 9.78 Å². The molecular formula is C19H19N4O+. The van der Waals surface area contributed by atoms with Gasteiger partial charge >= 0.3 is 0 Å². The first-order chi connectivity index (χ1) is 11.8. The fraction of sp³-hybridized carbons (Fsp3) is 0.316. The number of pyridine rings is 1. The van der Waals surface area contributed by atoms with Crippen LogP contribution in [-0.2, 0) is 6.42 Å². The van der Waals surface area contributed by atoms with Crippen molar-refractivity contribution in [3.63, 3.8) is 0 Å². The van der Waals surface area contributed by atoms with Crippen LogP contribution < -0.4 is 4.98 Å². The summed E-state index contributed by atoms with van der Waals surface area (Å²) in [6, 6.07) is 12.6. The van der Waals surface area contributed by atoms with E-state index >= 15 is 0 Å². The van der Waals surface area contributed by atoms with Crippen molar-refractivity contribution in [1.82, 2.24) is 14.9 Å². The average Bonchev–Trinajstić information content (AvgIpc) is 3.24. The average molecular weight is 319 g/mol. The number of rotatable bonds is 1. The molecule has 2 aliphatic rings. The maximum absolute atomic E-state index is 13.1. The number of H-pyrrole nitrogens is 2. The highest BCUT2D eigenvalue weighted by Crippen LogP contribution is 2.42. The number of carbonyl (C=O) groups excluding carboxylic acids is 1. The van der Waals surface area contributed by atoms with E-state index in [0.29, 0.717) is 11.6 Å². The van der Waals surface area contributed by atoms with Crippen molar-refractivity contribution < 1.29 is 9.78 Å². The van der Waals surface area contributed by atoms with Crippen LogP contribution in [0.4, 0.5) is 0 Å². The predicted octanol–water partition coefficient (Wildman–Crippen LogP) is 2.32. The highest BCUT2D eigenvalue weighted by Gasteiger charge is 2.41. The molecule has 0 spiro atoms. The van der Waals surface area contributed by atoms with Gasteiger partial charge in [0.1, 0.15) is 0 Å². The van der Waals surface area contributed by atoms with Gasteiger partial charge in [0, 0.05) is 18.5 Å². The summed E-state index contributed by atoms with van der Waals surface area (Å²) in [5, 5.41) is 0. The number of carbonyl (C=O) groups is 1. The van der Waals surface area contributed by atoms with Crippen LogP contribution in [0.1, 0.15) is 40.4 Å². The van der Waals surface area contributed by atoms with Crippen LogP contribution >= 0.6 is 0 Å². The molecule has 0 unspecified atom stereocenters. The monoisotopic (exact) mass is 319 g/mol. The highest BCUT2D eigenvalue weighted by molar-refractivity contribution is 5.94. The minimum absolute atomic E-state index is 0.0500. The lowest BCUT2D eigenvalue weighted by Crippen LogP contribution is -2.46. The van der Waals surface area contributed by atoms with E-state index in [1.165, 1.54) is 17.5 Å². The van der Waals surface area contributed by atoms with Crippen LogP contribution in [0.2, 0.25) is 0 Å². The summed E-state index contributed by atoms with van der Waals surface area (Å²) in [4.78, 5) is 25.8. The first-order valence-corrected chi connectivity index (χ1v) is 8.56. The number of hydrogen-bond acceptors (Lipinski definition) is 2. The molecule has 1 fully saturated rings. The van der Waals surface area contributed by atoms with E-state index in [1.807, 2.05) is 12.1 Å². The van der Waals surface area contributed by atoms with Gasteiger partial charge in [0.05, 0.1) is 0 Å². The summed E-state index contributed by atoms with van der Waals surface area (Å²) in [6.07, 6.45) is 4.92. The summed E-state index contributed by atoms with van der Waals surface area (Å²) in [5.41, 5.74) is 4.99. The third-order valence-corrected chi connectivity index (χ3v) is 5.47. The van der Waals surface area contributed by atoms with Gasteiger partial charge in [-0.2, -0.15) is 0 Å². The molecule has 0 radical (unpaired) electrons. The number of imidazole rings is 1. The first kappa shape index (κ1) is 13.7. The quantitative estimate of drug-likeness (QED) is 0.748. The Hall–Kier alpha value is -2.69. The molecule has 5 heteroatoms. The number of hydrogen-bond donors (Lipinski definition) is 1. The van der Waals surface area contributed by atoms with E-state index in [9.17, 15) is 4.79 Å². The van der Waals surface area contributed by atoms with Gasteiger partial charge < -0.3 is 4.90 Å². The Labute approximate surface area is 139 Å². The molecule has 0 saturated carbocycles. The van der Waals surface area contributed by atoms with Gasteiger partial charge in [-0.05, 0) is 42.5 Å². The number of aromatic amines is 2. The second kappa shape index (κ2) is 5.16. The number of piperidine rings is 1. The molecule has 3 aromatic rings. The van der Waals surface area contributed by atoms with Crippen LogP contribution in [0.15, 0.2) is 42.7 Å². The molecular weight excluding hydrogens is 300 g/mol. The van der Waals surface area contributed by atoms with Gasteiger partial charge in [0.25, 0.3) is 11.6 Å². The Morgan fingerprint density at radius 3 is 3.12 bits per heavy atom. The third-order valence-electron chi connectivity index (χ3n) is 5.47. The van der Waals surface area contributed by atoms with Crippen LogP contribution in [0.25, 0.3) is 11.2 Å². The van der Waals surface area contributed by atoms with Crippen LogP contribution in [0.5, 0.6) is 0 Å². The number of fused-ring (bicyclic) bond motifs is 4. The van der Waals surface area contributed by atoms with Crippen LogP contribution in [-0.4, -0.2) is 33.4 Å². The second-order valence-corrected chi connectivity index (χ2v) is 6.74. The van der Waals surface area contributed by atoms with E-state index in [0.717, 1.165) is 30.6 Å². The smallest absolute Gasteiger partial charge is 0.299 e. The van der Waals surface area contributed by atoms with Crippen LogP contribution in [0, 0.1) is 0 Å². The summed E-state index contributed by atoms with van der Waals surface area (Å²) in [6.45, 7) is 0.824. The fourth-order valence-corrected chi connectivity index (χ4v) is 4.37. The minimum Gasteiger partial charge on any atom is -0.332 e. The lowest BCUT2D eigenvalue weighted by atomic mass is 9.88. The number of aromatic nitrogens is 3. The van der Waals surface area contributed by atoms with Crippen LogP contribution in [0.3, 0.4) is 0 Å². The summed E-state index contributed by atoms with van der Waals surface area (Å²) >= 11 is 0. The number of nitrogens with one attached hydrogen (secondary N) is 2. The van der Waals surface area contributed by atoms with Crippen molar-refractivity contribution in [2.24, 2.45) is 0 Å². The zero-order chi connectivity index (χ0) is 16.1. The van der Waals surface area contributed by atoms with Gasteiger partial charge in [-0.15, -0.1) is 0 Å². The molecule has 24 heavy (non-hydrogen) atoms. The predicted molar refractivity (Wildman–Crippen MR) is 89.6 cm³/mol. The molecule has 0 bridgehead atoms. The Kier molecular flexibility index (Phi) is 2.95. The molecule has 120 valence electrons. The highest BCUT2D eigenvalue weighted by atomic mass is 16.2. The zero-order valence-corrected chi connectivity index (χ0v) is 13.3. The summed E-state index contributed by atoms with van der Waals surface area (Å²) < 4.78 is 0. The summed E-state index contributed by atoms with van der Waals surface area (Å²) in [7, 11) is 0. The number of likely N-dealkylation sites (tertiary alicyclic amines) is 1. The zero-order valence-electron chi connectivity index (χ0n) is 13.3. The second-order valence-electron chi connectivity index (χ2n) is 6.74. The topological polar surface area (TPSA) is 63.1 Å². The molecule has 3 heterocycles. The maximum atomic E-state index is 13.1. The maximum Gasteiger partial charge on any atom is 0.299 e. The van der Waals surface area contributed by atoms with Crippen molar-refractivity contribution in [3.05, 3.63) is 59.5 Å². The molecule has 1 aliphatic carbocycles. The lowest BCUT2D eigenvalue weighted by molar-refractivity contribution is -0.347. The van der Waals surface area contributed by atoms with E-state index in [4.69, 9.17) is 0 Å². The Balaban J connectivity index is 1.49. The number of amides is 1. The summed E-state index contributed by atoms with van der Waals surface area (Å²) in [5.74, 6) is 0.524. The molecule has 2 atom stereocenters. The van der Waals surface area contributed by atoms with E-state index < -0.39 is 0 Å². The van der Waals surface area contributed by atoms with Crippen molar-refractivity contribution in [3.8, 4) is 0 Å².